The molecule has 2 rings (SSSR count). The molecule has 5 nitrogen and oxygen atoms in total. The van der Waals surface area contributed by atoms with Crippen LogP contribution in [0.25, 0.3) is 0 Å². The van der Waals surface area contributed by atoms with Crippen LogP contribution in [0.1, 0.15) is 24.3 Å². The van der Waals surface area contributed by atoms with E-state index in [4.69, 9.17) is 11.6 Å². The maximum absolute atomic E-state index is 12.1. The van der Waals surface area contributed by atoms with E-state index in [9.17, 15) is 4.79 Å². The number of aromatic nitrogens is 2. The lowest BCUT2D eigenvalue weighted by Crippen LogP contribution is -2.24. The third-order valence-corrected chi connectivity index (χ3v) is 3.29. The molecule has 2 aromatic rings. The van der Waals surface area contributed by atoms with Gasteiger partial charge in [0.15, 0.2) is 11.5 Å². The van der Waals surface area contributed by atoms with Crippen LogP contribution in [0.2, 0.25) is 5.02 Å². The van der Waals surface area contributed by atoms with E-state index >= 15 is 0 Å². The van der Waals surface area contributed by atoms with Crippen molar-refractivity contribution in [1.29, 1.82) is 0 Å². The largest absolute Gasteiger partial charge is 0.356 e. The summed E-state index contributed by atoms with van der Waals surface area (Å²) in [7, 11) is 0. The Morgan fingerprint density at radius 1 is 1.19 bits per heavy atom. The summed E-state index contributed by atoms with van der Waals surface area (Å²) < 4.78 is 0. The average Bonchev–Trinajstić information content (AvgIpc) is 2.49. The molecule has 0 aliphatic carbocycles. The predicted molar refractivity (Wildman–Crippen MR) is 85.0 cm³/mol. The van der Waals surface area contributed by atoms with Gasteiger partial charge in [0.05, 0.1) is 0 Å². The van der Waals surface area contributed by atoms with Crippen LogP contribution in [-0.4, -0.2) is 29.2 Å². The molecule has 1 aromatic carbocycles. The second-order valence-corrected chi connectivity index (χ2v) is 4.85. The zero-order valence-corrected chi connectivity index (χ0v) is 12.8. The van der Waals surface area contributed by atoms with Gasteiger partial charge in [-0.15, -0.1) is 10.2 Å². The van der Waals surface area contributed by atoms with E-state index in [2.05, 4.69) is 20.4 Å². The van der Waals surface area contributed by atoms with Gasteiger partial charge in [-0.05, 0) is 44.2 Å². The van der Waals surface area contributed by atoms with Crippen molar-refractivity contribution in [3.05, 3.63) is 47.1 Å². The van der Waals surface area contributed by atoms with Gasteiger partial charge in [-0.25, -0.2) is 0 Å². The first-order chi connectivity index (χ1) is 10.1. The molecule has 1 N–H and O–H groups in total. The lowest BCUT2D eigenvalue weighted by molar-refractivity contribution is 0.102. The van der Waals surface area contributed by atoms with Crippen LogP contribution in [0.3, 0.4) is 0 Å². The molecule has 0 aliphatic heterocycles. The Balaban J connectivity index is 2.09. The molecule has 0 atom stereocenters. The normalized spacial score (nSPS) is 10.2. The van der Waals surface area contributed by atoms with Crippen molar-refractivity contribution in [2.24, 2.45) is 0 Å². The molecule has 0 unspecified atom stereocenters. The van der Waals surface area contributed by atoms with Gasteiger partial charge in [-0.3, -0.25) is 4.79 Å². The molecule has 0 bridgehead atoms. The summed E-state index contributed by atoms with van der Waals surface area (Å²) in [5.74, 6) is 0.454. The number of amides is 1. The van der Waals surface area contributed by atoms with E-state index in [0.717, 1.165) is 18.9 Å². The van der Waals surface area contributed by atoms with Gasteiger partial charge in [0, 0.05) is 23.8 Å². The first-order valence-corrected chi connectivity index (χ1v) is 7.17. The maximum atomic E-state index is 12.1. The Hall–Kier alpha value is -2.14. The summed E-state index contributed by atoms with van der Waals surface area (Å²) >= 11 is 5.88. The maximum Gasteiger partial charge on any atom is 0.276 e. The Morgan fingerprint density at radius 2 is 1.95 bits per heavy atom. The van der Waals surface area contributed by atoms with Gasteiger partial charge >= 0.3 is 0 Å². The number of carbonyl (C=O) groups excluding carboxylic acids is 1. The number of nitrogens with one attached hydrogen (secondary N) is 1. The molecular weight excluding hydrogens is 288 g/mol. The number of nitrogens with zero attached hydrogens (tertiary/aromatic N) is 3. The number of anilines is 2. The molecule has 0 radical (unpaired) electrons. The van der Waals surface area contributed by atoms with Crippen LogP contribution in [0.15, 0.2) is 36.4 Å². The molecule has 110 valence electrons. The summed E-state index contributed by atoms with van der Waals surface area (Å²) in [6.07, 6.45) is 0. The highest BCUT2D eigenvalue weighted by Gasteiger charge is 2.10. The average molecular weight is 305 g/mol. The Morgan fingerprint density at radius 3 is 2.52 bits per heavy atom. The van der Waals surface area contributed by atoms with Gasteiger partial charge in [0.2, 0.25) is 0 Å². The van der Waals surface area contributed by atoms with Crippen LogP contribution >= 0.6 is 11.6 Å². The SMILES string of the molecule is CCN(CC)c1ccc(C(=O)Nc2cccc(Cl)c2)nn1. The zero-order valence-electron chi connectivity index (χ0n) is 12.0. The minimum Gasteiger partial charge on any atom is -0.356 e. The first kappa shape index (κ1) is 15.3. The van der Waals surface area contributed by atoms with Crippen LogP contribution < -0.4 is 10.2 Å². The van der Waals surface area contributed by atoms with E-state index < -0.39 is 0 Å². The van der Waals surface area contributed by atoms with Crippen molar-refractivity contribution in [2.45, 2.75) is 13.8 Å². The molecule has 6 heteroatoms. The summed E-state index contributed by atoms with van der Waals surface area (Å²) in [6, 6.07) is 10.4. The molecular formula is C15H17ClN4O. The second kappa shape index (κ2) is 7.04. The minimum atomic E-state index is -0.309. The molecule has 0 saturated heterocycles. The van der Waals surface area contributed by atoms with E-state index in [0.29, 0.717) is 10.7 Å². The van der Waals surface area contributed by atoms with E-state index in [1.807, 2.05) is 13.8 Å². The molecule has 0 aliphatic rings. The van der Waals surface area contributed by atoms with Crippen molar-refractivity contribution >= 4 is 29.0 Å². The number of benzene rings is 1. The van der Waals surface area contributed by atoms with E-state index in [1.54, 1.807) is 36.4 Å². The van der Waals surface area contributed by atoms with Crippen molar-refractivity contribution in [2.75, 3.05) is 23.3 Å². The summed E-state index contributed by atoms with van der Waals surface area (Å²) in [4.78, 5) is 14.1. The Labute approximate surface area is 128 Å². The third-order valence-electron chi connectivity index (χ3n) is 3.05. The van der Waals surface area contributed by atoms with Gasteiger partial charge in [-0.2, -0.15) is 0 Å². The topological polar surface area (TPSA) is 58.1 Å². The van der Waals surface area contributed by atoms with Crippen molar-refractivity contribution in [3.8, 4) is 0 Å². The third kappa shape index (κ3) is 3.92. The fourth-order valence-electron chi connectivity index (χ4n) is 1.92. The molecule has 0 spiro atoms. The lowest BCUT2D eigenvalue weighted by atomic mass is 10.3. The van der Waals surface area contributed by atoms with Gasteiger partial charge < -0.3 is 10.2 Å². The Kier molecular flexibility index (Phi) is 5.11. The highest BCUT2D eigenvalue weighted by Crippen LogP contribution is 2.16. The fraction of sp³-hybridized carbons (Fsp3) is 0.267. The van der Waals surface area contributed by atoms with Crippen LogP contribution in [0, 0.1) is 0 Å². The summed E-state index contributed by atoms with van der Waals surface area (Å²) in [5.41, 5.74) is 0.896. The highest BCUT2D eigenvalue weighted by atomic mass is 35.5. The van der Waals surface area contributed by atoms with Crippen molar-refractivity contribution in [3.63, 3.8) is 0 Å². The monoisotopic (exact) mass is 304 g/mol. The van der Waals surface area contributed by atoms with Crippen LogP contribution in [0.4, 0.5) is 11.5 Å². The smallest absolute Gasteiger partial charge is 0.276 e. The van der Waals surface area contributed by atoms with Gasteiger partial charge in [-0.1, -0.05) is 17.7 Å². The highest BCUT2D eigenvalue weighted by molar-refractivity contribution is 6.30. The van der Waals surface area contributed by atoms with E-state index in [-0.39, 0.29) is 11.6 Å². The summed E-state index contributed by atoms with van der Waals surface area (Å²) in [5, 5.41) is 11.4. The quantitative estimate of drug-likeness (QED) is 0.921. The van der Waals surface area contributed by atoms with Crippen molar-refractivity contribution in [1.82, 2.24) is 10.2 Å². The molecule has 0 fully saturated rings. The van der Waals surface area contributed by atoms with Gasteiger partial charge in [0.25, 0.3) is 5.91 Å². The minimum absolute atomic E-state index is 0.269. The fourth-order valence-corrected chi connectivity index (χ4v) is 2.11. The number of halogens is 1. The summed E-state index contributed by atoms with van der Waals surface area (Å²) in [6.45, 7) is 5.79. The molecule has 1 heterocycles. The molecule has 1 amide bonds. The van der Waals surface area contributed by atoms with Crippen molar-refractivity contribution < 1.29 is 4.79 Å². The standard InChI is InChI=1S/C15H17ClN4O/c1-3-20(4-2)14-9-8-13(18-19-14)15(21)17-12-7-5-6-11(16)10-12/h5-10H,3-4H2,1-2H3,(H,17,21). The molecule has 0 saturated carbocycles. The predicted octanol–water partition coefficient (Wildman–Crippen LogP) is 3.23. The number of hydrogen-bond donors (Lipinski definition) is 1. The van der Waals surface area contributed by atoms with E-state index in [1.165, 1.54) is 0 Å². The second-order valence-electron chi connectivity index (χ2n) is 4.41. The van der Waals surface area contributed by atoms with Gasteiger partial charge in [0.1, 0.15) is 0 Å². The Bertz CT molecular complexity index is 611. The zero-order chi connectivity index (χ0) is 15.2. The number of carbonyl (C=O) groups is 1. The molecule has 1 aromatic heterocycles. The number of hydrogen-bond acceptors (Lipinski definition) is 4. The van der Waals surface area contributed by atoms with Crippen LogP contribution in [-0.2, 0) is 0 Å². The number of rotatable bonds is 5. The molecule has 21 heavy (non-hydrogen) atoms. The van der Waals surface area contributed by atoms with Crippen LogP contribution in [0.5, 0.6) is 0 Å². The first-order valence-electron chi connectivity index (χ1n) is 6.79. The lowest BCUT2D eigenvalue weighted by Gasteiger charge is -2.18.